The molecule has 1 heterocycles. The lowest BCUT2D eigenvalue weighted by Gasteiger charge is -2.55. The van der Waals surface area contributed by atoms with Crippen molar-refractivity contribution in [2.75, 3.05) is 31.1 Å². The first-order chi connectivity index (χ1) is 9.71. The zero-order chi connectivity index (χ0) is 13.6. The summed E-state index contributed by atoms with van der Waals surface area (Å²) in [6.07, 6.45) is 7.67. The second kappa shape index (κ2) is 5.20. The van der Waals surface area contributed by atoms with Crippen LogP contribution in [0.5, 0.6) is 0 Å². The first kappa shape index (κ1) is 13.4. The second-order valence-electron chi connectivity index (χ2n) is 7.46. The summed E-state index contributed by atoms with van der Waals surface area (Å²) in [6.45, 7) is 2.60. The maximum atomic E-state index is 12.3. The second-order valence-corrected chi connectivity index (χ2v) is 8.69. The van der Waals surface area contributed by atoms with Crippen LogP contribution in [0.4, 0.5) is 0 Å². The molecule has 0 radical (unpaired) electrons. The van der Waals surface area contributed by atoms with E-state index in [-0.39, 0.29) is 11.6 Å². The zero-order valence-corrected chi connectivity index (χ0v) is 13.0. The lowest BCUT2D eigenvalue weighted by atomic mass is 9.54. The van der Waals surface area contributed by atoms with E-state index in [1.807, 2.05) is 11.8 Å². The Morgan fingerprint density at radius 3 is 2.15 bits per heavy atom. The molecule has 5 fully saturated rings. The van der Waals surface area contributed by atoms with E-state index in [9.17, 15) is 4.79 Å². The SMILES string of the molecule is O=C(CN1CCSCC1)OC12CC3CC(CC(C3)C1)C2. The molecule has 0 N–H and O–H groups in total. The lowest BCUT2D eigenvalue weighted by molar-refractivity contribution is -0.187. The lowest BCUT2D eigenvalue weighted by Crippen LogP contribution is -2.53. The number of carbonyl (C=O) groups is 1. The van der Waals surface area contributed by atoms with Gasteiger partial charge in [0, 0.05) is 24.6 Å². The highest BCUT2D eigenvalue weighted by molar-refractivity contribution is 7.99. The molecule has 3 nitrogen and oxygen atoms in total. The van der Waals surface area contributed by atoms with Gasteiger partial charge >= 0.3 is 5.97 Å². The third kappa shape index (κ3) is 2.61. The molecule has 5 rings (SSSR count). The maximum Gasteiger partial charge on any atom is 0.320 e. The number of rotatable bonds is 3. The smallest absolute Gasteiger partial charge is 0.320 e. The third-order valence-corrected chi connectivity index (χ3v) is 6.71. The Morgan fingerprint density at radius 2 is 1.60 bits per heavy atom. The van der Waals surface area contributed by atoms with E-state index in [0.29, 0.717) is 6.54 Å². The molecule has 0 atom stereocenters. The highest BCUT2D eigenvalue weighted by Crippen LogP contribution is 2.57. The third-order valence-electron chi connectivity index (χ3n) is 5.77. The van der Waals surface area contributed by atoms with E-state index in [1.54, 1.807) is 0 Å². The summed E-state index contributed by atoms with van der Waals surface area (Å²) in [5.74, 6) is 4.90. The normalized spacial score (nSPS) is 43.7. The Morgan fingerprint density at radius 1 is 1.05 bits per heavy atom. The van der Waals surface area contributed by atoms with E-state index < -0.39 is 0 Å². The molecular formula is C16H25NO2S. The molecule has 0 unspecified atom stereocenters. The minimum atomic E-state index is -0.0592. The Balaban J connectivity index is 1.37. The van der Waals surface area contributed by atoms with Crippen molar-refractivity contribution in [1.29, 1.82) is 0 Å². The van der Waals surface area contributed by atoms with E-state index in [1.165, 1.54) is 19.3 Å². The van der Waals surface area contributed by atoms with Crippen molar-refractivity contribution in [2.24, 2.45) is 17.8 Å². The summed E-state index contributed by atoms with van der Waals surface area (Å²) >= 11 is 1.99. The van der Waals surface area contributed by atoms with Gasteiger partial charge in [-0.2, -0.15) is 11.8 Å². The van der Waals surface area contributed by atoms with Gasteiger partial charge in [0.1, 0.15) is 5.60 Å². The number of nitrogens with zero attached hydrogens (tertiary/aromatic N) is 1. The van der Waals surface area contributed by atoms with Crippen LogP contribution in [-0.4, -0.2) is 47.6 Å². The van der Waals surface area contributed by atoms with E-state index in [2.05, 4.69) is 4.90 Å². The number of esters is 1. The van der Waals surface area contributed by atoms with Crippen LogP contribution in [-0.2, 0) is 9.53 Å². The maximum absolute atomic E-state index is 12.3. The standard InChI is InChI=1S/C16H25NO2S/c18-15(11-17-1-3-20-4-2-17)19-16-8-12-5-13(9-16)7-14(6-12)10-16/h12-14H,1-11H2. The van der Waals surface area contributed by atoms with Crippen molar-refractivity contribution in [3.05, 3.63) is 0 Å². The Hall–Kier alpha value is -0.220. The van der Waals surface area contributed by atoms with Crippen LogP contribution in [0.2, 0.25) is 0 Å². The van der Waals surface area contributed by atoms with Gasteiger partial charge in [0.2, 0.25) is 0 Å². The van der Waals surface area contributed by atoms with Crippen LogP contribution in [0, 0.1) is 17.8 Å². The van der Waals surface area contributed by atoms with Crippen LogP contribution >= 0.6 is 11.8 Å². The predicted octanol–water partition coefficient (Wildman–Crippen LogP) is 2.55. The van der Waals surface area contributed by atoms with E-state index in [4.69, 9.17) is 4.74 Å². The number of ether oxygens (including phenoxy) is 1. The Kier molecular flexibility index (Phi) is 3.50. The van der Waals surface area contributed by atoms with Gasteiger partial charge in [-0.3, -0.25) is 9.69 Å². The van der Waals surface area contributed by atoms with Gasteiger partial charge in [0.15, 0.2) is 0 Å². The van der Waals surface area contributed by atoms with Gasteiger partial charge < -0.3 is 4.74 Å². The molecule has 112 valence electrons. The van der Waals surface area contributed by atoms with Crippen LogP contribution in [0.15, 0.2) is 0 Å². The highest BCUT2D eigenvalue weighted by atomic mass is 32.2. The largest absolute Gasteiger partial charge is 0.458 e. The van der Waals surface area contributed by atoms with Crippen molar-refractivity contribution in [2.45, 2.75) is 44.1 Å². The van der Waals surface area contributed by atoms with Gasteiger partial charge in [0.25, 0.3) is 0 Å². The number of carbonyl (C=O) groups excluding carboxylic acids is 1. The Bertz CT molecular complexity index is 357. The van der Waals surface area contributed by atoms with Crippen LogP contribution in [0.1, 0.15) is 38.5 Å². The molecule has 4 aliphatic carbocycles. The number of hydrogen-bond donors (Lipinski definition) is 0. The quantitative estimate of drug-likeness (QED) is 0.748. The van der Waals surface area contributed by atoms with Crippen molar-refractivity contribution in [1.82, 2.24) is 4.90 Å². The molecule has 1 saturated heterocycles. The van der Waals surface area contributed by atoms with E-state index >= 15 is 0 Å². The fourth-order valence-electron chi connectivity index (χ4n) is 5.37. The minimum absolute atomic E-state index is 0.0406. The molecule has 1 aliphatic heterocycles. The first-order valence-corrected chi connectivity index (χ1v) is 9.38. The molecule has 0 aromatic rings. The molecule has 4 saturated carbocycles. The Labute approximate surface area is 125 Å². The van der Waals surface area contributed by atoms with Crippen molar-refractivity contribution < 1.29 is 9.53 Å². The minimum Gasteiger partial charge on any atom is -0.458 e. The molecule has 5 aliphatic rings. The fourth-order valence-corrected chi connectivity index (χ4v) is 6.35. The van der Waals surface area contributed by atoms with Gasteiger partial charge in [-0.25, -0.2) is 0 Å². The van der Waals surface area contributed by atoms with E-state index in [0.717, 1.165) is 61.6 Å². The summed E-state index contributed by atoms with van der Waals surface area (Å²) in [5.41, 5.74) is -0.0592. The van der Waals surface area contributed by atoms with Crippen LogP contribution in [0.3, 0.4) is 0 Å². The van der Waals surface area contributed by atoms with Gasteiger partial charge in [0.05, 0.1) is 6.54 Å². The zero-order valence-electron chi connectivity index (χ0n) is 12.2. The first-order valence-electron chi connectivity index (χ1n) is 8.23. The summed E-state index contributed by atoms with van der Waals surface area (Å²) in [4.78, 5) is 14.6. The number of hydrogen-bond acceptors (Lipinski definition) is 4. The molecule has 0 aromatic heterocycles. The predicted molar refractivity (Wildman–Crippen MR) is 80.8 cm³/mol. The highest BCUT2D eigenvalue weighted by Gasteiger charge is 2.53. The molecule has 0 amide bonds. The average molecular weight is 295 g/mol. The molecule has 0 aromatic carbocycles. The molecule has 4 heteroatoms. The summed E-state index contributed by atoms with van der Waals surface area (Å²) in [5, 5.41) is 0. The summed E-state index contributed by atoms with van der Waals surface area (Å²) < 4.78 is 6.07. The molecule has 4 bridgehead atoms. The number of thioether (sulfide) groups is 1. The summed E-state index contributed by atoms with van der Waals surface area (Å²) in [7, 11) is 0. The van der Waals surface area contributed by atoms with Crippen molar-refractivity contribution in [3.63, 3.8) is 0 Å². The monoisotopic (exact) mass is 295 g/mol. The average Bonchev–Trinajstić information content (AvgIpc) is 2.37. The fraction of sp³-hybridized carbons (Fsp3) is 0.938. The molecule has 0 spiro atoms. The molecule has 20 heavy (non-hydrogen) atoms. The van der Waals surface area contributed by atoms with Gasteiger partial charge in [-0.15, -0.1) is 0 Å². The van der Waals surface area contributed by atoms with Crippen LogP contribution in [0.25, 0.3) is 0 Å². The topological polar surface area (TPSA) is 29.5 Å². The van der Waals surface area contributed by atoms with Crippen molar-refractivity contribution >= 4 is 17.7 Å². The molecular weight excluding hydrogens is 270 g/mol. The van der Waals surface area contributed by atoms with Crippen LogP contribution < -0.4 is 0 Å². The van der Waals surface area contributed by atoms with Crippen molar-refractivity contribution in [3.8, 4) is 0 Å². The summed E-state index contributed by atoms with van der Waals surface area (Å²) in [6, 6.07) is 0. The van der Waals surface area contributed by atoms with Gasteiger partial charge in [-0.05, 0) is 56.3 Å². The van der Waals surface area contributed by atoms with Gasteiger partial charge in [-0.1, -0.05) is 0 Å².